The van der Waals surface area contributed by atoms with Crippen LogP contribution in [0.25, 0.3) is 0 Å². The van der Waals surface area contributed by atoms with Crippen molar-refractivity contribution in [1.29, 1.82) is 0 Å². The Bertz CT molecular complexity index is 1250. The van der Waals surface area contributed by atoms with Crippen molar-refractivity contribution in [3.05, 3.63) is 92.4 Å². The summed E-state index contributed by atoms with van der Waals surface area (Å²) in [6, 6.07) is 16.3. The van der Waals surface area contributed by atoms with E-state index in [0.717, 1.165) is 11.1 Å². The van der Waals surface area contributed by atoms with Gasteiger partial charge in [0.05, 0.1) is 15.6 Å². The van der Waals surface area contributed by atoms with Crippen LogP contribution >= 0.6 is 46.6 Å². The Balaban J connectivity index is 1.52. The second kappa shape index (κ2) is 11.5. The Morgan fingerprint density at radius 2 is 1.67 bits per heavy atom. The predicted molar refractivity (Wildman–Crippen MR) is 138 cm³/mol. The van der Waals surface area contributed by atoms with Gasteiger partial charge in [0.15, 0.2) is 0 Å². The molecule has 0 unspecified atom stereocenters. The molecule has 0 aliphatic heterocycles. The lowest BCUT2D eigenvalue weighted by molar-refractivity contribution is 0.0956. The number of halogens is 3. The van der Waals surface area contributed by atoms with Crippen molar-refractivity contribution in [2.75, 3.05) is 17.0 Å². The van der Waals surface area contributed by atoms with Gasteiger partial charge in [-0.1, -0.05) is 58.6 Å². The molecular formula is C23H21Cl3N2O3S2. The van der Waals surface area contributed by atoms with Crippen molar-refractivity contribution in [3.8, 4) is 0 Å². The number of rotatable bonds is 9. The van der Waals surface area contributed by atoms with Crippen LogP contribution in [-0.4, -0.2) is 26.6 Å². The normalized spacial score (nSPS) is 11.3. The maximum Gasteiger partial charge on any atom is 0.261 e. The molecular weight excluding hydrogens is 523 g/mol. The van der Waals surface area contributed by atoms with Gasteiger partial charge in [0, 0.05) is 33.7 Å². The number of carbonyl (C=O) groups is 1. The molecule has 0 heterocycles. The fourth-order valence-corrected chi connectivity index (χ4v) is 5.60. The van der Waals surface area contributed by atoms with Crippen LogP contribution < -0.4 is 10.0 Å². The van der Waals surface area contributed by atoms with E-state index < -0.39 is 10.0 Å². The zero-order valence-electron chi connectivity index (χ0n) is 17.6. The Morgan fingerprint density at radius 1 is 0.939 bits per heavy atom. The first-order valence-corrected chi connectivity index (χ1v) is 13.6. The number of hydrogen-bond acceptors (Lipinski definition) is 4. The molecule has 10 heteroatoms. The lowest BCUT2D eigenvalue weighted by atomic mass is 10.2. The van der Waals surface area contributed by atoms with Crippen LogP contribution in [-0.2, 0) is 15.8 Å². The molecule has 0 radical (unpaired) electrons. The lowest BCUT2D eigenvalue weighted by Gasteiger charge is -2.11. The summed E-state index contributed by atoms with van der Waals surface area (Å²) in [4.78, 5) is 12.5. The zero-order valence-corrected chi connectivity index (χ0v) is 21.5. The van der Waals surface area contributed by atoms with Crippen molar-refractivity contribution in [2.24, 2.45) is 0 Å². The minimum Gasteiger partial charge on any atom is -0.351 e. The quantitative estimate of drug-likeness (QED) is 0.305. The van der Waals surface area contributed by atoms with Crippen molar-refractivity contribution in [2.45, 2.75) is 17.6 Å². The number of thioether (sulfide) groups is 1. The van der Waals surface area contributed by atoms with Gasteiger partial charge in [0.25, 0.3) is 15.9 Å². The van der Waals surface area contributed by atoms with Crippen LogP contribution in [0.3, 0.4) is 0 Å². The highest BCUT2D eigenvalue weighted by Gasteiger charge is 2.17. The fraction of sp³-hybridized carbons (Fsp3) is 0.174. The molecule has 33 heavy (non-hydrogen) atoms. The summed E-state index contributed by atoms with van der Waals surface area (Å²) in [5.41, 5.74) is 2.47. The molecule has 0 aliphatic rings. The third kappa shape index (κ3) is 7.29. The topological polar surface area (TPSA) is 75.3 Å². The molecule has 0 spiro atoms. The van der Waals surface area contributed by atoms with Crippen molar-refractivity contribution in [3.63, 3.8) is 0 Å². The second-order valence-electron chi connectivity index (χ2n) is 7.16. The Morgan fingerprint density at radius 3 is 2.33 bits per heavy atom. The molecule has 0 saturated heterocycles. The average Bonchev–Trinajstić information content (AvgIpc) is 2.76. The van der Waals surface area contributed by atoms with Gasteiger partial charge in [0.1, 0.15) is 0 Å². The Hall–Kier alpha value is -1.90. The van der Waals surface area contributed by atoms with Gasteiger partial charge in [-0.25, -0.2) is 8.42 Å². The lowest BCUT2D eigenvalue weighted by Crippen LogP contribution is -2.25. The number of hydrogen-bond donors (Lipinski definition) is 2. The van der Waals surface area contributed by atoms with E-state index in [2.05, 4.69) is 10.0 Å². The largest absolute Gasteiger partial charge is 0.351 e. The summed E-state index contributed by atoms with van der Waals surface area (Å²) in [5, 5.41) is 4.16. The van der Waals surface area contributed by atoms with Gasteiger partial charge >= 0.3 is 0 Å². The Kier molecular flexibility index (Phi) is 8.95. The molecule has 3 aromatic rings. The molecule has 0 aliphatic carbocycles. The van der Waals surface area contributed by atoms with Gasteiger partial charge in [-0.05, 0) is 55.0 Å². The van der Waals surface area contributed by atoms with Crippen LogP contribution in [0.1, 0.15) is 21.5 Å². The molecule has 2 N–H and O–H groups in total. The van der Waals surface area contributed by atoms with Gasteiger partial charge in [-0.3, -0.25) is 9.52 Å². The van der Waals surface area contributed by atoms with E-state index in [1.54, 1.807) is 36.0 Å². The fourth-order valence-electron chi connectivity index (χ4n) is 2.82. The zero-order chi connectivity index (χ0) is 24.0. The third-order valence-electron chi connectivity index (χ3n) is 4.61. The smallest absolute Gasteiger partial charge is 0.261 e. The molecule has 0 atom stereocenters. The van der Waals surface area contributed by atoms with Crippen molar-refractivity contribution < 1.29 is 13.2 Å². The number of sulfonamides is 1. The summed E-state index contributed by atoms with van der Waals surface area (Å²) in [6.07, 6.45) is 0. The number of amides is 1. The molecule has 0 saturated carbocycles. The number of carbonyl (C=O) groups excluding carboxylic acids is 1. The SMILES string of the molecule is Cc1ccc(S(=O)(=O)Nc2ccc(C(=O)NCCSCc3ccc(Cl)cc3Cl)cc2Cl)cc1. The van der Waals surface area contributed by atoms with E-state index in [0.29, 0.717) is 33.7 Å². The summed E-state index contributed by atoms with van der Waals surface area (Å²) < 4.78 is 27.6. The van der Waals surface area contributed by atoms with Gasteiger partial charge < -0.3 is 5.32 Å². The number of nitrogens with one attached hydrogen (secondary N) is 2. The number of anilines is 1. The van der Waals surface area contributed by atoms with Crippen LogP contribution in [0.15, 0.2) is 65.6 Å². The molecule has 3 aromatic carbocycles. The van der Waals surface area contributed by atoms with Crippen LogP contribution in [0.2, 0.25) is 15.1 Å². The minimum absolute atomic E-state index is 0.128. The minimum atomic E-state index is -3.79. The molecule has 174 valence electrons. The highest BCUT2D eigenvalue weighted by molar-refractivity contribution is 7.98. The van der Waals surface area contributed by atoms with Crippen LogP contribution in [0.4, 0.5) is 5.69 Å². The molecule has 5 nitrogen and oxygen atoms in total. The first-order valence-electron chi connectivity index (χ1n) is 9.84. The van der Waals surface area contributed by atoms with Gasteiger partial charge in [-0.15, -0.1) is 0 Å². The standard InChI is InChI=1S/C23H21Cl3N2O3S2/c1-15-2-7-19(8-3-15)33(30,31)28-22-9-5-16(12-21(22)26)23(29)27-10-11-32-14-17-4-6-18(24)13-20(17)25/h2-9,12-13,28H,10-11,14H2,1H3,(H,27,29). The summed E-state index contributed by atoms with van der Waals surface area (Å²) >= 11 is 19.9. The number of aryl methyl sites for hydroxylation is 1. The highest BCUT2D eigenvalue weighted by Crippen LogP contribution is 2.27. The maximum absolute atomic E-state index is 12.6. The molecule has 0 bridgehead atoms. The molecule has 0 fully saturated rings. The predicted octanol–water partition coefficient (Wildman–Crippen LogP) is 6.42. The summed E-state index contributed by atoms with van der Waals surface area (Å²) in [7, 11) is -3.79. The monoisotopic (exact) mass is 542 g/mol. The van der Waals surface area contributed by atoms with Gasteiger partial charge in [-0.2, -0.15) is 11.8 Å². The van der Waals surface area contributed by atoms with E-state index in [1.165, 1.54) is 30.3 Å². The summed E-state index contributed by atoms with van der Waals surface area (Å²) in [6.45, 7) is 2.33. The highest BCUT2D eigenvalue weighted by atomic mass is 35.5. The molecule has 1 amide bonds. The van der Waals surface area contributed by atoms with E-state index in [1.807, 2.05) is 13.0 Å². The Labute approximate surface area is 212 Å². The van der Waals surface area contributed by atoms with Crippen LogP contribution in [0, 0.1) is 6.92 Å². The summed E-state index contributed by atoms with van der Waals surface area (Å²) in [5.74, 6) is 1.09. The van der Waals surface area contributed by atoms with Crippen LogP contribution in [0.5, 0.6) is 0 Å². The third-order valence-corrected chi connectivity index (χ3v) is 7.90. The molecule has 0 aromatic heterocycles. The van der Waals surface area contributed by atoms with Crippen molar-refractivity contribution >= 4 is 68.2 Å². The second-order valence-corrected chi connectivity index (χ2v) is 11.2. The first kappa shape index (κ1) is 25.7. The van der Waals surface area contributed by atoms with Gasteiger partial charge in [0.2, 0.25) is 0 Å². The first-order chi connectivity index (χ1) is 15.7. The van der Waals surface area contributed by atoms with E-state index in [-0.39, 0.29) is 21.5 Å². The van der Waals surface area contributed by atoms with E-state index in [9.17, 15) is 13.2 Å². The van der Waals surface area contributed by atoms with E-state index in [4.69, 9.17) is 34.8 Å². The van der Waals surface area contributed by atoms with Crippen molar-refractivity contribution in [1.82, 2.24) is 5.32 Å². The van der Waals surface area contributed by atoms with E-state index >= 15 is 0 Å². The number of benzene rings is 3. The molecule has 3 rings (SSSR count). The average molecular weight is 544 g/mol. The maximum atomic E-state index is 12.6.